The molecule has 1 unspecified atom stereocenters. The molecule has 1 fully saturated rings. The predicted octanol–water partition coefficient (Wildman–Crippen LogP) is 1.54. The molecule has 98 valence electrons. The minimum Gasteiger partial charge on any atom is -0.352 e. The Labute approximate surface area is 111 Å². The van der Waals surface area contributed by atoms with Crippen LogP contribution in [0.1, 0.15) is 12.0 Å². The van der Waals surface area contributed by atoms with Gasteiger partial charge in [-0.05, 0) is 6.07 Å². The number of thioether (sulfide) groups is 1. The van der Waals surface area contributed by atoms with Crippen LogP contribution in [-0.2, 0) is 11.3 Å². The average molecular weight is 268 g/mol. The number of carbonyl (C=O) groups excluding carboxylic acids is 1. The average Bonchev–Trinajstić information content (AvgIpc) is 2.39. The molecule has 1 atom stereocenters. The summed E-state index contributed by atoms with van der Waals surface area (Å²) in [6.07, 6.45) is 0.460. The van der Waals surface area contributed by atoms with Crippen molar-refractivity contribution in [1.29, 1.82) is 0 Å². The molecule has 0 saturated carbocycles. The van der Waals surface area contributed by atoms with E-state index in [-0.39, 0.29) is 24.3 Å². The number of hydrogen-bond acceptors (Lipinski definition) is 3. The van der Waals surface area contributed by atoms with Gasteiger partial charge in [-0.1, -0.05) is 18.2 Å². The summed E-state index contributed by atoms with van der Waals surface area (Å²) in [6, 6.07) is 6.74. The molecule has 1 aliphatic heterocycles. The van der Waals surface area contributed by atoms with Crippen LogP contribution < -0.4 is 10.6 Å². The van der Waals surface area contributed by atoms with Crippen molar-refractivity contribution in [3.8, 4) is 0 Å². The molecule has 0 radical (unpaired) electrons. The van der Waals surface area contributed by atoms with E-state index in [9.17, 15) is 9.18 Å². The van der Waals surface area contributed by atoms with Crippen LogP contribution in [0.15, 0.2) is 24.3 Å². The largest absolute Gasteiger partial charge is 0.352 e. The van der Waals surface area contributed by atoms with Crippen molar-refractivity contribution in [1.82, 2.24) is 10.6 Å². The summed E-state index contributed by atoms with van der Waals surface area (Å²) in [5, 5.41) is 6.06. The summed E-state index contributed by atoms with van der Waals surface area (Å²) in [6.45, 7) is 1.21. The molecule has 18 heavy (non-hydrogen) atoms. The number of halogens is 1. The maximum Gasteiger partial charge on any atom is 0.221 e. The Morgan fingerprint density at radius 1 is 1.50 bits per heavy atom. The standard InChI is InChI=1S/C13H17FN2OS/c14-12-4-2-1-3-10(12)8-16-13(17)7-11-9-18-6-5-15-11/h1-4,11,15H,5-9H2,(H,16,17). The lowest BCUT2D eigenvalue weighted by Crippen LogP contribution is -2.41. The van der Waals surface area contributed by atoms with Crippen LogP contribution in [0.4, 0.5) is 4.39 Å². The lowest BCUT2D eigenvalue weighted by Gasteiger charge is -2.22. The maximum atomic E-state index is 13.3. The molecule has 2 N–H and O–H groups in total. The third-order valence-corrected chi connectivity index (χ3v) is 3.99. The van der Waals surface area contributed by atoms with Crippen LogP contribution in [-0.4, -0.2) is 30.0 Å². The van der Waals surface area contributed by atoms with Crippen molar-refractivity contribution in [2.45, 2.75) is 19.0 Å². The monoisotopic (exact) mass is 268 g/mol. The fraction of sp³-hybridized carbons (Fsp3) is 0.462. The molecule has 1 aromatic carbocycles. The van der Waals surface area contributed by atoms with E-state index in [0.717, 1.165) is 18.1 Å². The van der Waals surface area contributed by atoms with E-state index >= 15 is 0 Å². The summed E-state index contributed by atoms with van der Waals surface area (Å²) in [5.74, 6) is 1.77. The molecule has 1 aromatic rings. The van der Waals surface area contributed by atoms with E-state index < -0.39 is 0 Å². The zero-order valence-electron chi connectivity index (χ0n) is 10.1. The smallest absolute Gasteiger partial charge is 0.221 e. The molecule has 0 bridgehead atoms. The van der Waals surface area contributed by atoms with Crippen molar-refractivity contribution in [3.05, 3.63) is 35.6 Å². The molecule has 3 nitrogen and oxygen atoms in total. The Kier molecular flexibility index (Phi) is 5.01. The first-order valence-corrected chi connectivity index (χ1v) is 7.22. The fourth-order valence-corrected chi connectivity index (χ4v) is 2.83. The number of benzene rings is 1. The Balaban J connectivity index is 1.76. The van der Waals surface area contributed by atoms with Gasteiger partial charge < -0.3 is 10.6 Å². The van der Waals surface area contributed by atoms with Crippen molar-refractivity contribution in [2.24, 2.45) is 0 Å². The highest BCUT2D eigenvalue weighted by Crippen LogP contribution is 2.10. The topological polar surface area (TPSA) is 41.1 Å². The molecule has 2 rings (SSSR count). The van der Waals surface area contributed by atoms with Crippen LogP contribution in [0.2, 0.25) is 0 Å². The van der Waals surface area contributed by atoms with Crippen molar-refractivity contribution in [2.75, 3.05) is 18.1 Å². The second-order valence-electron chi connectivity index (χ2n) is 4.30. The Hall–Kier alpha value is -1.07. The number of rotatable bonds is 4. The van der Waals surface area contributed by atoms with E-state index in [2.05, 4.69) is 10.6 Å². The van der Waals surface area contributed by atoms with E-state index in [4.69, 9.17) is 0 Å². The molecule has 0 aliphatic carbocycles. The number of carbonyl (C=O) groups is 1. The van der Waals surface area contributed by atoms with Crippen molar-refractivity contribution >= 4 is 17.7 Å². The molecule has 5 heteroatoms. The highest BCUT2D eigenvalue weighted by atomic mass is 32.2. The fourth-order valence-electron chi connectivity index (χ4n) is 1.88. The molecule has 1 aliphatic rings. The second kappa shape index (κ2) is 6.75. The van der Waals surface area contributed by atoms with E-state index in [0.29, 0.717) is 12.0 Å². The van der Waals surface area contributed by atoms with Gasteiger partial charge in [0.05, 0.1) is 0 Å². The zero-order valence-corrected chi connectivity index (χ0v) is 10.9. The summed E-state index contributed by atoms with van der Waals surface area (Å²) in [7, 11) is 0. The highest BCUT2D eigenvalue weighted by molar-refractivity contribution is 7.99. The molecule has 0 aromatic heterocycles. The van der Waals surface area contributed by atoms with Crippen LogP contribution in [0.5, 0.6) is 0 Å². The highest BCUT2D eigenvalue weighted by Gasteiger charge is 2.16. The van der Waals surface area contributed by atoms with Gasteiger partial charge in [-0.3, -0.25) is 4.79 Å². The van der Waals surface area contributed by atoms with Gasteiger partial charge in [0.1, 0.15) is 5.82 Å². The summed E-state index contributed by atoms with van der Waals surface area (Å²) >= 11 is 1.86. The Morgan fingerprint density at radius 3 is 3.06 bits per heavy atom. The molecular weight excluding hydrogens is 251 g/mol. The predicted molar refractivity (Wildman–Crippen MR) is 72.0 cm³/mol. The quantitative estimate of drug-likeness (QED) is 0.870. The minimum atomic E-state index is -0.274. The van der Waals surface area contributed by atoms with Gasteiger partial charge in [-0.2, -0.15) is 11.8 Å². The van der Waals surface area contributed by atoms with E-state index in [1.54, 1.807) is 18.2 Å². The Bertz CT molecular complexity index is 408. The third-order valence-electron chi connectivity index (χ3n) is 2.86. The molecular formula is C13H17FN2OS. The van der Waals surface area contributed by atoms with Gasteiger partial charge in [0.2, 0.25) is 5.91 Å². The van der Waals surface area contributed by atoms with Crippen molar-refractivity contribution in [3.63, 3.8) is 0 Å². The van der Waals surface area contributed by atoms with Crippen LogP contribution in [0, 0.1) is 5.82 Å². The lowest BCUT2D eigenvalue weighted by molar-refractivity contribution is -0.121. The minimum absolute atomic E-state index is 0.0294. The molecule has 1 amide bonds. The van der Waals surface area contributed by atoms with Gasteiger partial charge in [-0.25, -0.2) is 4.39 Å². The van der Waals surface area contributed by atoms with Crippen LogP contribution in [0.25, 0.3) is 0 Å². The summed E-state index contributed by atoms with van der Waals surface area (Å²) < 4.78 is 13.3. The Morgan fingerprint density at radius 2 is 2.33 bits per heavy atom. The first kappa shape index (κ1) is 13.4. The molecule has 0 spiro atoms. The van der Waals surface area contributed by atoms with E-state index in [1.807, 2.05) is 11.8 Å². The normalized spacial score (nSPS) is 19.5. The number of amides is 1. The van der Waals surface area contributed by atoms with Gasteiger partial charge in [0.15, 0.2) is 0 Å². The maximum absolute atomic E-state index is 13.3. The third kappa shape index (κ3) is 3.99. The van der Waals surface area contributed by atoms with Crippen LogP contribution >= 0.6 is 11.8 Å². The van der Waals surface area contributed by atoms with Crippen molar-refractivity contribution < 1.29 is 9.18 Å². The SMILES string of the molecule is O=C(CC1CSCCN1)NCc1ccccc1F. The zero-order chi connectivity index (χ0) is 12.8. The van der Waals surface area contributed by atoms with Gasteiger partial charge in [-0.15, -0.1) is 0 Å². The first-order valence-electron chi connectivity index (χ1n) is 6.07. The van der Waals surface area contributed by atoms with Gasteiger partial charge in [0, 0.05) is 42.6 Å². The first-order chi connectivity index (χ1) is 8.75. The summed E-state index contributed by atoms with van der Waals surface area (Å²) in [5.41, 5.74) is 0.525. The molecule has 1 heterocycles. The van der Waals surface area contributed by atoms with E-state index in [1.165, 1.54) is 6.07 Å². The second-order valence-corrected chi connectivity index (χ2v) is 5.45. The lowest BCUT2D eigenvalue weighted by atomic mass is 10.2. The van der Waals surface area contributed by atoms with Gasteiger partial charge >= 0.3 is 0 Å². The number of nitrogens with one attached hydrogen (secondary N) is 2. The van der Waals surface area contributed by atoms with Crippen LogP contribution in [0.3, 0.4) is 0 Å². The number of hydrogen-bond donors (Lipinski definition) is 2. The van der Waals surface area contributed by atoms with Gasteiger partial charge in [0.25, 0.3) is 0 Å². The summed E-state index contributed by atoms with van der Waals surface area (Å²) in [4.78, 5) is 11.7. The molecule has 1 saturated heterocycles.